The monoisotopic (exact) mass is 372 g/mol. The van der Waals surface area contributed by atoms with Gasteiger partial charge in [-0.3, -0.25) is 0 Å². The van der Waals surface area contributed by atoms with Crippen molar-refractivity contribution in [2.45, 2.75) is 70.6 Å². The van der Waals surface area contributed by atoms with Crippen molar-refractivity contribution in [2.75, 3.05) is 6.79 Å². The molecular weight excluding hydrogens is 340 g/mol. The van der Waals surface area contributed by atoms with E-state index < -0.39 is 8.32 Å². The predicted molar refractivity (Wildman–Crippen MR) is 110 cm³/mol. The van der Waals surface area contributed by atoms with Gasteiger partial charge in [0.05, 0.1) is 12.7 Å². The second kappa shape index (κ2) is 10.6. The van der Waals surface area contributed by atoms with Crippen molar-refractivity contribution in [3.05, 3.63) is 35.9 Å². The Hall–Kier alpha value is -1.56. The Morgan fingerprint density at radius 2 is 1.77 bits per heavy atom. The molecule has 0 amide bonds. The van der Waals surface area contributed by atoms with Crippen LogP contribution in [0.2, 0.25) is 18.1 Å². The molecule has 142 valence electrons. The van der Waals surface area contributed by atoms with Gasteiger partial charge in [-0.2, -0.15) is 0 Å². The van der Waals surface area contributed by atoms with Crippen LogP contribution in [0.15, 0.2) is 30.3 Å². The average molecular weight is 373 g/mol. The molecular formula is C22H32O3Si. The van der Waals surface area contributed by atoms with E-state index in [1.54, 1.807) is 0 Å². The molecule has 2 atom stereocenters. The van der Waals surface area contributed by atoms with Crippen molar-refractivity contribution in [3.63, 3.8) is 0 Å². The molecule has 1 aromatic rings. The maximum Gasteiger partial charge on any atom is 0.193 e. The Balaban J connectivity index is 2.52. The van der Waals surface area contributed by atoms with Gasteiger partial charge >= 0.3 is 0 Å². The van der Waals surface area contributed by atoms with Crippen molar-refractivity contribution in [1.82, 2.24) is 0 Å². The van der Waals surface area contributed by atoms with Crippen LogP contribution >= 0.6 is 0 Å². The Morgan fingerprint density at radius 3 is 2.31 bits per heavy atom. The lowest BCUT2D eigenvalue weighted by Crippen LogP contribution is -2.44. The molecule has 0 bridgehead atoms. The van der Waals surface area contributed by atoms with E-state index in [2.05, 4.69) is 45.7 Å². The smallest absolute Gasteiger partial charge is 0.193 e. The fourth-order valence-electron chi connectivity index (χ4n) is 2.14. The quantitative estimate of drug-likeness (QED) is 0.251. The summed E-state index contributed by atoms with van der Waals surface area (Å²) in [4.78, 5) is 0. The highest BCUT2D eigenvalue weighted by Crippen LogP contribution is 2.37. The highest BCUT2D eigenvalue weighted by atomic mass is 28.4. The van der Waals surface area contributed by atoms with Crippen LogP contribution < -0.4 is 0 Å². The van der Waals surface area contributed by atoms with E-state index in [1.807, 2.05) is 30.3 Å². The zero-order valence-electron chi connectivity index (χ0n) is 16.7. The summed E-state index contributed by atoms with van der Waals surface area (Å²) in [6, 6.07) is 9.97. The summed E-state index contributed by atoms with van der Waals surface area (Å²) in [7, 11) is -1.94. The molecule has 0 aromatic heterocycles. The SMILES string of the molecule is C#CC[C@H](C[C@H](C#C)O[Si](C)(C)C(C)(C)C)OCOCc1ccccc1. The zero-order chi connectivity index (χ0) is 19.6. The first-order valence-corrected chi connectivity index (χ1v) is 11.9. The standard InChI is InChI=1S/C22H32O3Si/c1-8-13-21(24-18-23-17-19-14-11-10-12-15-19)16-20(9-2)25-26(6,7)22(3,4)5/h1-2,10-12,14-15,20-21H,13,16-18H2,3-7H3/t20-,21+/m0/s1. The summed E-state index contributed by atoms with van der Waals surface area (Å²) < 4.78 is 17.7. The van der Waals surface area contributed by atoms with Gasteiger partial charge in [-0.15, -0.1) is 18.8 Å². The molecule has 0 aliphatic rings. The maximum atomic E-state index is 6.32. The summed E-state index contributed by atoms with van der Waals surface area (Å²) in [5.41, 5.74) is 1.10. The van der Waals surface area contributed by atoms with Crippen molar-refractivity contribution >= 4 is 8.32 Å². The van der Waals surface area contributed by atoms with E-state index in [4.69, 9.17) is 26.7 Å². The second-order valence-electron chi connectivity index (χ2n) is 7.92. The van der Waals surface area contributed by atoms with Crippen molar-refractivity contribution in [3.8, 4) is 24.7 Å². The van der Waals surface area contributed by atoms with Crippen molar-refractivity contribution < 1.29 is 13.9 Å². The first-order valence-electron chi connectivity index (χ1n) is 9.00. The number of hydrogen-bond acceptors (Lipinski definition) is 3. The van der Waals surface area contributed by atoms with Gasteiger partial charge in [0.1, 0.15) is 12.9 Å². The third kappa shape index (κ3) is 7.77. The van der Waals surface area contributed by atoms with Gasteiger partial charge in [-0.25, -0.2) is 0 Å². The molecule has 0 fully saturated rings. The Kier molecular flexibility index (Phi) is 9.12. The molecule has 1 aromatic carbocycles. The van der Waals surface area contributed by atoms with Crippen molar-refractivity contribution in [1.29, 1.82) is 0 Å². The van der Waals surface area contributed by atoms with Gasteiger partial charge in [0.2, 0.25) is 0 Å². The lowest BCUT2D eigenvalue weighted by atomic mass is 10.1. The lowest BCUT2D eigenvalue weighted by molar-refractivity contribution is -0.101. The molecule has 0 aliphatic heterocycles. The van der Waals surface area contributed by atoms with Crippen molar-refractivity contribution in [2.24, 2.45) is 0 Å². The molecule has 0 aliphatic carbocycles. The normalized spacial score (nSPS) is 14.3. The number of rotatable bonds is 10. The van der Waals surface area contributed by atoms with Gasteiger partial charge < -0.3 is 13.9 Å². The third-order valence-electron chi connectivity index (χ3n) is 4.75. The molecule has 0 saturated heterocycles. The van der Waals surface area contributed by atoms with Gasteiger partial charge in [0, 0.05) is 12.8 Å². The molecule has 0 heterocycles. The second-order valence-corrected chi connectivity index (χ2v) is 12.7. The molecule has 4 heteroatoms. The van der Waals surface area contributed by atoms with Crippen LogP contribution in [0.25, 0.3) is 0 Å². The minimum atomic E-state index is -1.94. The Labute approximate surface area is 160 Å². The van der Waals surface area contributed by atoms with E-state index in [-0.39, 0.29) is 24.0 Å². The minimum Gasteiger partial charge on any atom is -0.403 e. The average Bonchev–Trinajstić information content (AvgIpc) is 2.57. The van der Waals surface area contributed by atoms with E-state index in [9.17, 15) is 0 Å². The lowest BCUT2D eigenvalue weighted by Gasteiger charge is -2.38. The van der Waals surface area contributed by atoms with Gasteiger partial charge in [-0.1, -0.05) is 57.0 Å². The molecule has 0 spiro atoms. The summed E-state index contributed by atoms with van der Waals surface area (Å²) in [5.74, 6) is 5.41. The van der Waals surface area contributed by atoms with Crippen LogP contribution in [0.4, 0.5) is 0 Å². The van der Waals surface area contributed by atoms with Crippen LogP contribution in [-0.2, 0) is 20.5 Å². The van der Waals surface area contributed by atoms with Crippen LogP contribution in [-0.4, -0.2) is 27.3 Å². The summed E-state index contributed by atoms with van der Waals surface area (Å²) >= 11 is 0. The number of benzene rings is 1. The number of terminal acetylenes is 2. The zero-order valence-corrected chi connectivity index (χ0v) is 17.7. The molecule has 0 unspecified atom stereocenters. The molecule has 1 rings (SSSR count). The number of ether oxygens (including phenoxy) is 2. The predicted octanol–water partition coefficient (Wildman–Crippen LogP) is 4.98. The largest absolute Gasteiger partial charge is 0.403 e. The first-order chi connectivity index (χ1) is 12.2. The Morgan fingerprint density at radius 1 is 1.12 bits per heavy atom. The highest BCUT2D eigenvalue weighted by Gasteiger charge is 2.39. The van der Waals surface area contributed by atoms with E-state index in [0.717, 1.165) is 5.56 Å². The summed E-state index contributed by atoms with van der Waals surface area (Å²) in [6.07, 6.45) is 11.8. The van der Waals surface area contributed by atoms with E-state index >= 15 is 0 Å². The van der Waals surface area contributed by atoms with Crippen LogP contribution in [0, 0.1) is 24.7 Å². The van der Waals surface area contributed by atoms with Crippen LogP contribution in [0.3, 0.4) is 0 Å². The number of hydrogen-bond donors (Lipinski definition) is 0. The molecule has 0 radical (unpaired) electrons. The topological polar surface area (TPSA) is 27.7 Å². The van der Waals surface area contributed by atoms with E-state index in [1.165, 1.54) is 0 Å². The highest BCUT2D eigenvalue weighted by molar-refractivity contribution is 6.74. The first kappa shape index (κ1) is 22.5. The van der Waals surface area contributed by atoms with Crippen LogP contribution in [0.1, 0.15) is 39.2 Å². The van der Waals surface area contributed by atoms with Gasteiger partial charge in [0.15, 0.2) is 8.32 Å². The molecule has 26 heavy (non-hydrogen) atoms. The van der Waals surface area contributed by atoms with E-state index in [0.29, 0.717) is 19.4 Å². The van der Waals surface area contributed by atoms with Gasteiger partial charge in [-0.05, 0) is 23.7 Å². The molecule has 0 N–H and O–H groups in total. The fraction of sp³-hybridized carbons (Fsp3) is 0.545. The molecule has 3 nitrogen and oxygen atoms in total. The molecule has 0 saturated carbocycles. The minimum absolute atomic E-state index is 0.101. The Bertz CT molecular complexity index is 605. The maximum absolute atomic E-state index is 6.32. The fourth-order valence-corrected chi connectivity index (χ4v) is 3.37. The summed E-state index contributed by atoms with van der Waals surface area (Å²) in [5, 5.41) is 0.101. The third-order valence-corrected chi connectivity index (χ3v) is 9.24. The van der Waals surface area contributed by atoms with Crippen LogP contribution in [0.5, 0.6) is 0 Å². The summed E-state index contributed by atoms with van der Waals surface area (Å²) in [6.45, 7) is 11.6. The van der Waals surface area contributed by atoms with Gasteiger partial charge in [0.25, 0.3) is 0 Å².